The van der Waals surface area contributed by atoms with Gasteiger partial charge in [0, 0.05) is 47.5 Å². The molecular weight excluding hydrogens is 599 g/mol. The summed E-state index contributed by atoms with van der Waals surface area (Å²) in [6.45, 7) is 4.05. The van der Waals surface area contributed by atoms with Gasteiger partial charge in [-0.1, -0.05) is 0 Å². The Morgan fingerprint density at radius 3 is 2.19 bits per heavy atom. The van der Waals surface area contributed by atoms with Crippen molar-refractivity contribution in [1.29, 1.82) is 0 Å². The predicted molar refractivity (Wildman–Crippen MR) is 153 cm³/mol. The monoisotopic (exact) mass is 635 g/mol. The zero-order chi connectivity index (χ0) is 27.1. The van der Waals surface area contributed by atoms with Crippen molar-refractivity contribution in [2.45, 2.75) is 109 Å². The van der Waals surface area contributed by atoms with E-state index in [1.165, 1.54) is 13.8 Å². The van der Waals surface area contributed by atoms with Gasteiger partial charge < -0.3 is 4.90 Å². The van der Waals surface area contributed by atoms with E-state index >= 15 is 0 Å². The van der Waals surface area contributed by atoms with Crippen molar-refractivity contribution < 1.29 is 30.5 Å². The van der Waals surface area contributed by atoms with E-state index in [-0.39, 0.29) is 22.8 Å². The Kier molecular flexibility index (Phi) is 9.85. The van der Waals surface area contributed by atoms with E-state index < -0.39 is 30.7 Å². The van der Waals surface area contributed by atoms with Gasteiger partial charge in [0.25, 0.3) is 20.2 Å². The Labute approximate surface area is 239 Å². The molecule has 8 nitrogen and oxygen atoms in total. The van der Waals surface area contributed by atoms with Crippen LogP contribution < -0.4 is 0 Å². The number of rotatable bonds is 9. The zero-order valence-corrected chi connectivity index (χ0v) is 25.9. The standard InChI is InChI=1S/C23H36Cl2N2O6S4/c1-14(36(28,29)30)7-9-26-18-11-16(24)3-5-20(18)34-22(26)13-23-27(10-8-15(2)37(31,32)33)19-12-17(25)4-6-21(19)35-23/h13-21H,3-12H2,1-2H3,(H-,28,29,30,31,32,33)/p+1. The predicted octanol–water partition coefficient (Wildman–Crippen LogP) is 4.42. The molecule has 0 amide bonds. The van der Waals surface area contributed by atoms with Crippen LogP contribution in [0.2, 0.25) is 0 Å². The number of nitrogens with zero attached hydrogens (tertiary/aromatic N) is 2. The van der Waals surface area contributed by atoms with Crippen molar-refractivity contribution in [3.63, 3.8) is 0 Å². The molecule has 2 aliphatic heterocycles. The first-order chi connectivity index (χ1) is 17.2. The van der Waals surface area contributed by atoms with E-state index in [2.05, 4.69) is 15.6 Å². The number of fused-ring (bicyclic) bond motifs is 2. The van der Waals surface area contributed by atoms with Crippen LogP contribution in [0.15, 0.2) is 11.1 Å². The van der Waals surface area contributed by atoms with Gasteiger partial charge in [-0.2, -0.15) is 16.8 Å². The van der Waals surface area contributed by atoms with Gasteiger partial charge in [0.2, 0.25) is 5.04 Å². The van der Waals surface area contributed by atoms with Gasteiger partial charge in [0.05, 0.1) is 20.8 Å². The van der Waals surface area contributed by atoms with Crippen LogP contribution in [0.25, 0.3) is 0 Å². The van der Waals surface area contributed by atoms with Crippen molar-refractivity contribution in [2.75, 3.05) is 13.1 Å². The second kappa shape index (κ2) is 12.0. The Bertz CT molecular complexity index is 1130. The second-order valence-electron chi connectivity index (χ2n) is 10.7. The highest BCUT2D eigenvalue weighted by Gasteiger charge is 2.47. The van der Waals surface area contributed by atoms with Crippen LogP contribution in [0.1, 0.15) is 65.2 Å². The summed E-state index contributed by atoms with van der Waals surface area (Å²) >= 11 is 16.7. The van der Waals surface area contributed by atoms with Crippen LogP contribution in [0.3, 0.4) is 0 Å². The molecule has 3 fully saturated rings. The lowest BCUT2D eigenvalue weighted by atomic mass is 9.93. The first kappa shape index (κ1) is 30.3. The van der Waals surface area contributed by atoms with Crippen LogP contribution in [0.4, 0.5) is 0 Å². The molecule has 0 radical (unpaired) electrons. The average Bonchev–Trinajstić information content (AvgIpc) is 3.31. The lowest BCUT2D eigenvalue weighted by Gasteiger charge is -2.34. The number of hydrogen-bond donors (Lipinski definition) is 2. The fourth-order valence-corrected chi connectivity index (χ4v) is 10.2. The maximum Gasteiger partial charge on any atom is 0.267 e. The lowest BCUT2D eigenvalue weighted by Crippen LogP contribution is -2.41. The van der Waals surface area contributed by atoms with Crippen LogP contribution in [-0.4, -0.2) is 97.4 Å². The third-order valence-electron chi connectivity index (χ3n) is 8.11. The summed E-state index contributed by atoms with van der Waals surface area (Å²) in [4.78, 5) is 2.27. The molecule has 14 heteroatoms. The summed E-state index contributed by atoms with van der Waals surface area (Å²) < 4.78 is 67.9. The summed E-state index contributed by atoms with van der Waals surface area (Å²) in [5.74, 6) is 0. The van der Waals surface area contributed by atoms with Crippen LogP contribution in [0, 0.1) is 0 Å². The number of halogens is 2. The van der Waals surface area contributed by atoms with E-state index in [0.29, 0.717) is 36.4 Å². The first-order valence-corrected chi connectivity index (χ1v) is 18.5. The maximum absolute atomic E-state index is 11.7. The second-order valence-corrected chi connectivity index (χ2v) is 18.1. The number of hydrogen-bond acceptors (Lipinski definition) is 7. The Morgan fingerprint density at radius 1 is 0.946 bits per heavy atom. The molecule has 0 aromatic heterocycles. The van der Waals surface area contributed by atoms with Crippen LogP contribution in [-0.2, 0) is 20.2 Å². The van der Waals surface area contributed by atoms with E-state index in [1.807, 2.05) is 23.5 Å². The van der Waals surface area contributed by atoms with E-state index in [0.717, 1.165) is 48.6 Å². The van der Waals surface area contributed by atoms with Gasteiger partial charge in [-0.3, -0.25) is 9.11 Å². The Hall–Kier alpha value is 0.310. The normalized spacial score (nSPS) is 35.5. The minimum atomic E-state index is -4.11. The van der Waals surface area contributed by atoms with Gasteiger partial charge in [0.1, 0.15) is 6.54 Å². The van der Waals surface area contributed by atoms with Crippen molar-refractivity contribution in [1.82, 2.24) is 4.90 Å². The summed E-state index contributed by atoms with van der Waals surface area (Å²) in [6, 6.07) is 0.409. The van der Waals surface area contributed by atoms with Crippen LogP contribution >= 0.6 is 46.7 Å². The zero-order valence-electron chi connectivity index (χ0n) is 21.1. The van der Waals surface area contributed by atoms with Gasteiger partial charge in [-0.25, -0.2) is 4.58 Å². The van der Waals surface area contributed by atoms with E-state index in [1.54, 1.807) is 0 Å². The van der Waals surface area contributed by atoms with Gasteiger partial charge in [-0.05, 0) is 64.1 Å². The summed E-state index contributed by atoms with van der Waals surface area (Å²) in [7, 11) is -8.22. The molecule has 2 N–H and O–H groups in total. The van der Waals surface area contributed by atoms with Crippen molar-refractivity contribution in [3.05, 3.63) is 11.1 Å². The molecule has 8 atom stereocenters. The Morgan fingerprint density at radius 2 is 1.54 bits per heavy atom. The molecule has 0 aromatic rings. The molecule has 8 unspecified atom stereocenters. The van der Waals surface area contributed by atoms with Crippen LogP contribution in [0.5, 0.6) is 0 Å². The number of thioether (sulfide) groups is 2. The van der Waals surface area contributed by atoms with Crippen molar-refractivity contribution in [2.24, 2.45) is 0 Å². The SMILES string of the molecule is CC(CCN1C(=CC2=[N+](CCC(C)S(=O)(=O)O)C3CC(Cl)CCC3S2)SC2CCC(Cl)CC21)S(=O)(=O)O. The molecule has 0 spiro atoms. The largest absolute Gasteiger partial charge is 0.362 e. The molecular formula is C23H37Cl2N2O6S4+. The highest BCUT2D eigenvalue weighted by atomic mass is 35.5. The third-order valence-corrected chi connectivity index (χ3v) is 14.3. The smallest absolute Gasteiger partial charge is 0.267 e. The summed E-state index contributed by atoms with van der Waals surface area (Å²) in [5.41, 5.74) is 0. The quantitative estimate of drug-likeness (QED) is 0.216. The third kappa shape index (κ3) is 7.34. The first-order valence-electron chi connectivity index (χ1n) is 12.9. The maximum atomic E-state index is 11.7. The van der Waals surface area contributed by atoms with E-state index in [9.17, 15) is 25.9 Å². The molecule has 0 bridgehead atoms. The van der Waals surface area contributed by atoms with Gasteiger partial charge in [0.15, 0.2) is 6.04 Å². The summed E-state index contributed by atoms with van der Waals surface area (Å²) in [6.07, 6.45) is 8.32. The highest BCUT2D eigenvalue weighted by Crippen LogP contribution is 2.48. The van der Waals surface area contributed by atoms with Crippen molar-refractivity contribution in [3.8, 4) is 0 Å². The minimum absolute atomic E-state index is 0.0816. The lowest BCUT2D eigenvalue weighted by molar-refractivity contribution is -0.561. The fourth-order valence-electron chi connectivity index (χ4n) is 5.67. The molecule has 4 aliphatic rings. The van der Waals surface area contributed by atoms with Crippen molar-refractivity contribution >= 4 is 72.0 Å². The molecule has 37 heavy (non-hydrogen) atoms. The van der Waals surface area contributed by atoms with E-state index in [4.69, 9.17) is 23.2 Å². The molecule has 1 saturated heterocycles. The minimum Gasteiger partial charge on any atom is -0.362 e. The highest BCUT2D eigenvalue weighted by molar-refractivity contribution is 8.15. The molecule has 2 heterocycles. The molecule has 2 aliphatic carbocycles. The number of alkyl halides is 2. The Balaban J connectivity index is 1.64. The molecule has 4 rings (SSSR count). The average molecular weight is 637 g/mol. The fraction of sp³-hybridized carbons (Fsp3) is 0.870. The topological polar surface area (TPSA) is 115 Å². The summed E-state index contributed by atoms with van der Waals surface area (Å²) in [5, 5.41) is 1.33. The molecule has 2 saturated carbocycles. The molecule has 0 aromatic carbocycles. The van der Waals surface area contributed by atoms with Gasteiger partial charge in [-0.15, -0.1) is 35.0 Å². The van der Waals surface area contributed by atoms with Gasteiger partial charge >= 0.3 is 0 Å². The molecule has 212 valence electrons.